The lowest BCUT2D eigenvalue weighted by Gasteiger charge is -2.19. The van der Waals surface area contributed by atoms with Crippen LogP contribution in [0, 0.1) is 18.3 Å². The molecule has 3 heterocycles. The molecule has 0 N–H and O–H groups in total. The highest BCUT2D eigenvalue weighted by Gasteiger charge is 2.28. The normalized spacial score (nSPS) is 17.1. The molecule has 1 aliphatic carbocycles. The lowest BCUT2D eigenvalue weighted by molar-refractivity contribution is 0.210. The van der Waals surface area contributed by atoms with E-state index in [4.69, 9.17) is 14.5 Å². The molecule has 2 aromatic heterocycles. The number of ether oxygens (including phenoxy) is 2. The summed E-state index contributed by atoms with van der Waals surface area (Å²) in [6.45, 7) is 4.92. The fourth-order valence-electron chi connectivity index (χ4n) is 4.15. The zero-order chi connectivity index (χ0) is 20.8. The Labute approximate surface area is 174 Å². The van der Waals surface area contributed by atoms with Crippen molar-refractivity contribution in [2.45, 2.75) is 26.2 Å². The van der Waals surface area contributed by atoms with Crippen molar-refractivity contribution in [1.29, 1.82) is 5.26 Å². The van der Waals surface area contributed by atoms with Gasteiger partial charge in [0, 0.05) is 24.9 Å². The Balaban J connectivity index is 1.71. The number of hydrogen-bond acceptors (Lipinski definition) is 6. The molecule has 1 aliphatic heterocycles. The Morgan fingerprint density at radius 2 is 2.07 bits per heavy atom. The van der Waals surface area contributed by atoms with Crippen molar-refractivity contribution >= 4 is 5.57 Å². The molecule has 2 bridgehead atoms. The summed E-state index contributed by atoms with van der Waals surface area (Å²) in [5, 5.41) is 14.1. The van der Waals surface area contributed by atoms with Crippen LogP contribution in [0.15, 0.2) is 30.5 Å². The van der Waals surface area contributed by atoms with Gasteiger partial charge in [-0.15, -0.1) is 5.10 Å². The SMILES string of the molecule is Cc1ccc2c(c1)[C@@H](C)C1=CCc3ncc(nc31)-c1c(nn(C)c1C#N)OCCO2. The molecule has 1 atom stereocenters. The van der Waals surface area contributed by atoms with E-state index in [1.165, 1.54) is 10.2 Å². The number of rotatable bonds is 0. The van der Waals surface area contributed by atoms with Gasteiger partial charge in [0.05, 0.1) is 23.3 Å². The topological polar surface area (TPSA) is 85.9 Å². The molecule has 0 unspecified atom stereocenters. The van der Waals surface area contributed by atoms with Gasteiger partial charge in [-0.2, -0.15) is 5.26 Å². The minimum Gasteiger partial charge on any atom is -0.490 e. The molecule has 0 saturated heterocycles. The number of aryl methyl sites for hydroxylation is 2. The van der Waals surface area contributed by atoms with E-state index in [0.717, 1.165) is 34.7 Å². The van der Waals surface area contributed by atoms with Gasteiger partial charge in [-0.3, -0.25) is 9.67 Å². The summed E-state index contributed by atoms with van der Waals surface area (Å²) >= 11 is 0. The second-order valence-corrected chi connectivity index (χ2v) is 7.64. The van der Waals surface area contributed by atoms with E-state index in [0.29, 0.717) is 36.0 Å². The third kappa shape index (κ3) is 2.84. The van der Waals surface area contributed by atoms with E-state index in [9.17, 15) is 5.26 Å². The van der Waals surface area contributed by atoms with Crippen molar-refractivity contribution in [1.82, 2.24) is 19.7 Å². The molecule has 30 heavy (non-hydrogen) atoms. The third-order valence-electron chi connectivity index (χ3n) is 5.69. The van der Waals surface area contributed by atoms with Gasteiger partial charge in [0.2, 0.25) is 5.88 Å². The molecule has 5 rings (SSSR count). The van der Waals surface area contributed by atoms with Gasteiger partial charge in [0.25, 0.3) is 0 Å². The van der Waals surface area contributed by atoms with Gasteiger partial charge < -0.3 is 9.47 Å². The van der Waals surface area contributed by atoms with Crippen LogP contribution in [0.3, 0.4) is 0 Å². The molecular formula is C23H21N5O2. The smallest absolute Gasteiger partial charge is 0.243 e. The van der Waals surface area contributed by atoms with E-state index in [2.05, 4.69) is 48.2 Å². The molecule has 7 heteroatoms. The Bertz CT molecular complexity index is 1240. The molecule has 0 radical (unpaired) electrons. The van der Waals surface area contributed by atoms with Gasteiger partial charge in [0.1, 0.15) is 30.6 Å². The number of fused-ring (bicyclic) bond motifs is 4. The summed E-state index contributed by atoms with van der Waals surface area (Å²) in [4.78, 5) is 9.59. The van der Waals surface area contributed by atoms with Crippen LogP contribution < -0.4 is 9.47 Å². The molecule has 0 saturated carbocycles. The number of allylic oxidation sites excluding steroid dienone is 2. The number of hydrogen-bond donors (Lipinski definition) is 0. The quantitative estimate of drug-likeness (QED) is 0.574. The van der Waals surface area contributed by atoms with Crippen molar-refractivity contribution in [2.75, 3.05) is 13.2 Å². The van der Waals surface area contributed by atoms with E-state index >= 15 is 0 Å². The van der Waals surface area contributed by atoms with E-state index in [-0.39, 0.29) is 5.92 Å². The predicted octanol–water partition coefficient (Wildman–Crippen LogP) is 3.57. The maximum Gasteiger partial charge on any atom is 0.243 e. The van der Waals surface area contributed by atoms with Gasteiger partial charge >= 0.3 is 0 Å². The van der Waals surface area contributed by atoms with Crippen LogP contribution in [0.25, 0.3) is 16.8 Å². The first-order chi connectivity index (χ1) is 14.6. The maximum absolute atomic E-state index is 9.68. The van der Waals surface area contributed by atoms with Crippen molar-refractivity contribution in [3.05, 3.63) is 58.7 Å². The highest BCUT2D eigenvalue weighted by atomic mass is 16.5. The summed E-state index contributed by atoms with van der Waals surface area (Å²) in [7, 11) is 1.72. The summed E-state index contributed by atoms with van der Waals surface area (Å²) in [5.41, 5.74) is 6.79. The molecule has 0 fully saturated rings. The van der Waals surface area contributed by atoms with E-state index < -0.39 is 0 Å². The zero-order valence-corrected chi connectivity index (χ0v) is 17.1. The van der Waals surface area contributed by atoms with Crippen molar-refractivity contribution < 1.29 is 9.47 Å². The monoisotopic (exact) mass is 399 g/mol. The third-order valence-corrected chi connectivity index (χ3v) is 5.69. The van der Waals surface area contributed by atoms with Gasteiger partial charge in [-0.25, -0.2) is 4.98 Å². The van der Waals surface area contributed by atoms with Gasteiger partial charge in [-0.05, 0) is 18.6 Å². The number of nitriles is 1. The van der Waals surface area contributed by atoms with Gasteiger partial charge in [-0.1, -0.05) is 30.7 Å². The standard InChI is InChI=1S/C23H21N5O2/c1-13-4-7-20-16(10-13)14(2)15-5-6-17-22(15)26-18(12-25-17)21-19(11-24)28(3)27-23(21)30-9-8-29-20/h4-5,7,10,12,14H,6,8-9H2,1-3H3/t14-/m0/s1. The average molecular weight is 399 g/mol. The van der Waals surface area contributed by atoms with E-state index in [1.807, 2.05) is 6.07 Å². The molecule has 0 spiro atoms. The van der Waals surface area contributed by atoms with Crippen LogP contribution in [0.2, 0.25) is 0 Å². The first-order valence-corrected chi connectivity index (χ1v) is 9.96. The van der Waals surface area contributed by atoms with Crippen LogP contribution in [0.5, 0.6) is 11.6 Å². The molecule has 1 aromatic carbocycles. The fourth-order valence-corrected chi connectivity index (χ4v) is 4.15. The first kappa shape index (κ1) is 18.4. The van der Waals surface area contributed by atoms with Crippen LogP contribution in [0.1, 0.15) is 41.1 Å². The summed E-state index contributed by atoms with van der Waals surface area (Å²) < 4.78 is 13.5. The van der Waals surface area contributed by atoms with Crippen molar-refractivity contribution in [2.24, 2.45) is 7.05 Å². The first-order valence-electron chi connectivity index (χ1n) is 9.96. The van der Waals surface area contributed by atoms with Crippen molar-refractivity contribution in [3.63, 3.8) is 0 Å². The Morgan fingerprint density at radius 3 is 2.90 bits per heavy atom. The highest BCUT2D eigenvalue weighted by Crippen LogP contribution is 2.42. The van der Waals surface area contributed by atoms with Crippen LogP contribution in [-0.4, -0.2) is 33.0 Å². The Morgan fingerprint density at radius 1 is 1.23 bits per heavy atom. The molecular weight excluding hydrogens is 378 g/mol. The van der Waals surface area contributed by atoms with E-state index in [1.54, 1.807) is 13.2 Å². The summed E-state index contributed by atoms with van der Waals surface area (Å²) in [6.07, 6.45) is 4.64. The largest absolute Gasteiger partial charge is 0.490 e. The van der Waals surface area contributed by atoms with Gasteiger partial charge in [0.15, 0.2) is 5.69 Å². The maximum atomic E-state index is 9.68. The summed E-state index contributed by atoms with van der Waals surface area (Å²) in [6, 6.07) is 8.45. The summed E-state index contributed by atoms with van der Waals surface area (Å²) in [5.74, 6) is 1.30. The molecule has 0 amide bonds. The van der Waals surface area contributed by atoms with Crippen LogP contribution in [0.4, 0.5) is 0 Å². The Kier molecular flexibility index (Phi) is 4.28. The molecule has 150 valence electrons. The lowest BCUT2D eigenvalue weighted by Crippen LogP contribution is -2.11. The van der Waals surface area contributed by atoms with Crippen LogP contribution >= 0.6 is 0 Å². The number of aromatic nitrogens is 4. The zero-order valence-electron chi connectivity index (χ0n) is 17.1. The number of benzene rings is 1. The molecule has 2 aliphatic rings. The molecule has 3 aromatic rings. The minimum absolute atomic E-state index is 0.0937. The van der Waals surface area contributed by atoms with Crippen molar-refractivity contribution in [3.8, 4) is 29.0 Å². The number of nitrogens with zero attached hydrogens (tertiary/aromatic N) is 5. The second-order valence-electron chi connectivity index (χ2n) is 7.64. The highest BCUT2D eigenvalue weighted by molar-refractivity contribution is 5.78. The predicted molar refractivity (Wildman–Crippen MR) is 111 cm³/mol. The fraction of sp³-hybridized carbons (Fsp3) is 0.304. The average Bonchev–Trinajstić information content (AvgIpc) is 3.30. The second kappa shape index (κ2) is 6.99. The van der Waals surface area contributed by atoms with Crippen LogP contribution in [-0.2, 0) is 13.5 Å². The minimum atomic E-state index is 0.0937. The lowest BCUT2D eigenvalue weighted by atomic mass is 9.90. The molecule has 7 nitrogen and oxygen atoms in total. The Hall–Kier alpha value is -3.66.